The van der Waals surface area contributed by atoms with Crippen LogP contribution in [0.4, 0.5) is 24.5 Å². The Labute approximate surface area is 182 Å². The van der Waals surface area contributed by atoms with Gasteiger partial charge in [0.05, 0.1) is 34.2 Å². The van der Waals surface area contributed by atoms with Crippen LogP contribution in [0, 0.1) is 0 Å². The van der Waals surface area contributed by atoms with Gasteiger partial charge in [-0.3, -0.25) is 4.79 Å². The molecule has 4 rings (SSSR count). The molecule has 0 saturated carbocycles. The van der Waals surface area contributed by atoms with E-state index >= 15 is 0 Å². The standard InChI is InChI=1S/C23H20F3N5O/c1-2-31-21-17(13-28-31)16(12-20(29-21)15-8-4-3-5-9-15)22(32)30-19-11-7-6-10-18(19)27-14-23(24,25)26/h3-13,27H,2,14H2,1H3,(H,30,32). The number of anilines is 2. The third-order valence-corrected chi connectivity index (χ3v) is 4.88. The van der Waals surface area contributed by atoms with E-state index in [-0.39, 0.29) is 11.4 Å². The lowest BCUT2D eigenvalue weighted by molar-refractivity contribution is -0.115. The van der Waals surface area contributed by atoms with Crippen molar-refractivity contribution in [1.29, 1.82) is 0 Å². The molecule has 32 heavy (non-hydrogen) atoms. The van der Waals surface area contributed by atoms with Crippen molar-refractivity contribution in [2.24, 2.45) is 0 Å². The molecule has 4 aromatic rings. The van der Waals surface area contributed by atoms with Gasteiger partial charge in [-0.1, -0.05) is 42.5 Å². The number of rotatable bonds is 6. The van der Waals surface area contributed by atoms with Gasteiger partial charge in [0.15, 0.2) is 5.65 Å². The number of aryl methyl sites for hydroxylation is 1. The lowest BCUT2D eigenvalue weighted by Gasteiger charge is -2.15. The average molecular weight is 439 g/mol. The molecule has 0 bridgehead atoms. The Hall–Kier alpha value is -3.88. The van der Waals surface area contributed by atoms with Gasteiger partial charge >= 0.3 is 6.18 Å². The molecule has 0 saturated heterocycles. The summed E-state index contributed by atoms with van der Waals surface area (Å²) in [7, 11) is 0. The van der Waals surface area contributed by atoms with Crippen LogP contribution in [-0.4, -0.2) is 33.4 Å². The van der Waals surface area contributed by atoms with E-state index in [1.807, 2.05) is 37.3 Å². The number of aromatic nitrogens is 3. The van der Waals surface area contributed by atoms with Crippen molar-refractivity contribution >= 4 is 28.3 Å². The van der Waals surface area contributed by atoms with Gasteiger partial charge in [-0.2, -0.15) is 18.3 Å². The number of hydrogen-bond acceptors (Lipinski definition) is 4. The maximum absolute atomic E-state index is 13.2. The molecule has 2 N–H and O–H groups in total. The quantitative estimate of drug-likeness (QED) is 0.425. The van der Waals surface area contributed by atoms with E-state index in [9.17, 15) is 18.0 Å². The number of para-hydroxylation sites is 2. The fourth-order valence-corrected chi connectivity index (χ4v) is 3.36. The summed E-state index contributed by atoms with van der Waals surface area (Å²) in [6.45, 7) is 1.28. The molecule has 0 aliphatic rings. The van der Waals surface area contributed by atoms with Gasteiger partial charge in [-0.15, -0.1) is 0 Å². The van der Waals surface area contributed by atoms with Crippen molar-refractivity contribution in [3.05, 3.63) is 72.4 Å². The zero-order chi connectivity index (χ0) is 22.7. The molecule has 2 heterocycles. The second-order valence-electron chi connectivity index (χ2n) is 7.09. The molecule has 0 atom stereocenters. The van der Waals surface area contributed by atoms with E-state index < -0.39 is 18.6 Å². The minimum absolute atomic E-state index is 0.177. The molecule has 2 aromatic carbocycles. The van der Waals surface area contributed by atoms with Crippen molar-refractivity contribution in [3.8, 4) is 11.3 Å². The molecular weight excluding hydrogens is 419 g/mol. The van der Waals surface area contributed by atoms with Crippen molar-refractivity contribution in [1.82, 2.24) is 14.8 Å². The Bertz CT molecular complexity index is 1250. The minimum Gasteiger partial charge on any atom is -0.375 e. The molecule has 9 heteroatoms. The number of fused-ring (bicyclic) bond motifs is 1. The van der Waals surface area contributed by atoms with Crippen LogP contribution in [0.5, 0.6) is 0 Å². The summed E-state index contributed by atoms with van der Waals surface area (Å²) in [5, 5.41) is 9.93. The SMILES string of the molecule is CCn1ncc2c(C(=O)Nc3ccccc3NCC(F)(F)F)cc(-c3ccccc3)nc21. The first-order valence-electron chi connectivity index (χ1n) is 9.98. The third kappa shape index (κ3) is 4.56. The summed E-state index contributed by atoms with van der Waals surface area (Å²) in [5.74, 6) is -0.466. The van der Waals surface area contributed by atoms with Crippen LogP contribution in [-0.2, 0) is 6.54 Å². The molecule has 6 nitrogen and oxygen atoms in total. The molecular formula is C23H20F3N5O. The monoisotopic (exact) mass is 439 g/mol. The van der Waals surface area contributed by atoms with Crippen LogP contribution in [0.2, 0.25) is 0 Å². The molecule has 0 unspecified atom stereocenters. The number of amides is 1. The Morgan fingerprint density at radius 1 is 1.03 bits per heavy atom. The molecule has 2 aromatic heterocycles. The van der Waals surface area contributed by atoms with Gasteiger partial charge in [0.1, 0.15) is 6.54 Å². The maximum atomic E-state index is 13.2. The van der Waals surface area contributed by atoms with Gasteiger partial charge in [0.25, 0.3) is 5.91 Å². The topological polar surface area (TPSA) is 71.8 Å². The molecule has 164 valence electrons. The summed E-state index contributed by atoms with van der Waals surface area (Å²) >= 11 is 0. The lowest BCUT2D eigenvalue weighted by Crippen LogP contribution is -2.22. The van der Waals surface area contributed by atoms with Crippen LogP contribution >= 0.6 is 0 Å². The van der Waals surface area contributed by atoms with Gasteiger partial charge in [-0.25, -0.2) is 9.67 Å². The smallest absolute Gasteiger partial charge is 0.375 e. The fourth-order valence-electron chi connectivity index (χ4n) is 3.36. The molecule has 1 amide bonds. The number of pyridine rings is 1. The minimum atomic E-state index is -4.38. The second-order valence-corrected chi connectivity index (χ2v) is 7.09. The zero-order valence-corrected chi connectivity index (χ0v) is 17.1. The Kier molecular flexibility index (Phi) is 5.81. The Morgan fingerprint density at radius 2 is 1.72 bits per heavy atom. The number of carbonyl (C=O) groups is 1. The summed E-state index contributed by atoms with van der Waals surface area (Å²) in [6, 6.07) is 17.3. The maximum Gasteiger partial charge on any atom is 0.405 e. The van der Waals surface area contributed by atoms with Crippen molar-refractivity contribution < 1.29 is 18.0 Å². The fraction of sp³-hybridized carbons (Fsp3) is 0.174. The van der Waals surface area contributed by atoms with Crippen LogP contribution in [0.1, 0.15) is 17.3 Å². The van der Waals surface area contributed by atoms with E-state index in [1.54, 1.807) is 35.1 Å². The normalized spacial score (nSPS) is 11.5. The highest BCUT2D eigenvalue weighted by Crippen LogP contribution is 2.28. The summed E-state index contributed by atoms with van der Waals surface area (Å²) in [6.07, 6.45) is -2.81. The molecule has 0 aliphatic carbocycles. The van der Waals surface area contributed by atoms with Gasteiger partial charge in [0, 0.05) is 12.1 Å². The number of nitrogens with one attached hydrogen (secondary N) is 2. The molecule has 0 spiro atoms. The first-order valence-corrected chi connectivity index (χ1v) is 9.98. The van der Waals surface area contributed by atoms with Crippen molar-refractivity contribution in [2.75, 3.05) is 17.2 Å². The van der Waals surface area contributed by atoms with E-state index in [0.29, 0.717) is 28.8 Å². The largest absolute Gasteiger partial charge is 0.405 e. The number of alkyl halides is 3. The Balaban J connectivity index is 1.72. The summed E-state index contributed by atoms with van der Waals surface area (Å²) in [5.41, 5.74) is 2.75. The van der Waals surface area contributed by atoms with E-state index in [4.69, 9.17) is 0 Å². The number of nitrogens with zero attached hydrogens (tertiary/aromatic N) is 3. The first kappa shape index (κ1) is 21.4. The van der Waals surface area contributed by atoms with E-state index in [1.165, 1.54) is 6.07 Å². The first-order chi connectivity index (χ1) is 15.4. The van der Waals surface area contributed by atoms with Crippen LogP contribution < -0.4 is 10.6 Å². The highest BCUT2D eigenvalue weighted by molar-refractivity contribution is 6.13. The number of hydrogen-bond donors (Lipinski definition) is 2. The van der Waals surface area contributed by atoms with Crippen LogP contribution in [0.15, 0.2) is 66.9 Å². The average Bonchev–Trinajstić information content (AvgIpc) is 3.21. The van der Waals surface area contributed by atoms with Crippen LogP contribution in [0.25, 0.3) is 22.3 Å². The zero-order valence-electron chi connectivity index (χ0n) is 17.1. The summed E-state index contributed by atoms with van der Waals surface area (Å²) in [4.78, 5) is 17.9. The molecule has 0 fully saturated rings. The van der Waals surface area contributed by atoms with Crippen molar-refractivity contribution in [2.45, 2.75) is 19.6 Å². The Morgan fingerprint density at radius 3 is 2.41 bits per heavy atom. The predicted octanol–water partition coefficient (Wildman–Crippen LogP) is 5.34. The highest BCUT2D eigenvalue weighted by Gasteiger charge is 2.27. The van der Waals surface area contributed by atoms with Gasteiger partial charge < -0.3 is 10.6 Å². The van der Waals surface area contributed by atoms with Crippen LogP contribution in [0.3, 0.4) is 0 Å². The second kappa shape index (κ2) is 8.70. The van der Waals surface area contributed by atoms with Gasteiger partial charge in [0.2, 0.25) is 0 Å². The lowest BCUT2D eigenvalue weighted by atomic mass is 10.1. The summed E-state index contributed by atoms with van der Waals surface area (Å²) < 4.78 is 39.6. The van der Waals surface area contributed by atoms with Gasteiger partial charge in [-0.05, 0) is 25.1 Å². The third-order valence-electron chi connectivity index (χ3n) is 4.88. The van der Waals surface area contributed by atoms with E-state index in [0.717, 1.165) is 5.56 Å². The van der Waals surface area contributed by atoms with E-state index in [2.05, 4.69) is 20.7 Å². The predicted molar refractivity (Wildman–Crippen MR) is 118 cm³/mol. The number of benzene rings is 2. The number of carbonyl (C=O) groups excluding carboxylic acids is 1. The molecule has 0 radical (unpaired) electrons. The number of halogens is 3. The highest BCUT2D eigenvalue weighted by atomic mass is 19.4. The molecule has 0 aliphatic heterocycles. The van der Waals surface area contributed by atoms with Crippen molar-refractivity contribution in [3.63, 3.8) is 0 Å².